The summed E-state index contributed by atoms with van der Waals surface area (Å²) >= 11 is 0. The number of hydrogen-bond acceptors (Lipinski definition) is 3. The number of esters is 1. The van der Waals surface area contributed by atoms with E-state index >= 15 is 0 Å². The smallest absolute Gasteiger partial charge is 0.340 e. The van der Waals surface area contributed by atoms with Crippen LogP contribution >= 0.6 is 0 Å². The first kappa shape index (κ1) is 13.8. The molecule has 0 aliphatic rings. The molecule has 1 amide bonds. The van der Waals surface area contributed by atoms with E-state index in [9.17, 15) is 18.4 Å². The zero-order valence-corrected chi connectivity index (χ0v) is 9.79. The number of hydrogen-bond donors (Lipinski definition) is 1. The number of allylic oxidation sites excluding steroid dienone is 1. The van der Waals surface area contributed by atoms with Gasteiger partial charge in [-0.3, -0.25) is 4.79 Å². The van der Waals surface area contributed by atoms with E-state index in [1.165, 1.54) is 12.2 Å². The van der Waals surface area contributed by atoms with Gasteiger partial charge in [0.2, 0.25) is 5.91 Å². The topological polar surface area (TPSA) is 55.4 Å². The number of amides is 1. The summed E-state index contributed by atoms with van der Waals surface area (Å²) in [7, 11) is 1.07. The van der Waals surface area contributed by atoms with Gasteiger partial charge in [-0.1, -0.05) is 6.08 Å². The average Bonchev–Trinajstić information content (AvgIpc) is 2.32. The lowest BCUT2D eigenvalue weighted by Crippen LogP contribution is -2.12. The van der Waals surface area contributed by atoms with Gasteiger partial charge in [0, 0.05) is 6.07 Å². The van der Waals surface area contributed by atoms with Crippen LogP contribution in [0.3, 0.4) is 0 Å². The Morgan fingerprint density at radius 3 is 2.50 bits per heavy atom. The molecular formula is C12H11F2NO3. The number of nitrogens with one attached hydrogen (secondary N) is 1. The second-order valence-corrected chi connectivity index (χ2v) is 3.29. The Bertz CT molecular complexity index is 512. The van der Waals surface area contributed by atoms with E-state index in [1.54, 1.807) is 6.92 Å². The lowest BCUT2D eigenvalue weighted by molar-refractivity contribution is -0.111. The van der Waals surface area contributed by atoms with Gasteiger partial charge in [0.1, 0.15) is 11.6 Å². The van der Waals surface area contributed by atoms with Crippen LogP contribution in [0.1, 0.15) is 17.3 Å². The van der Waals surface area contributed by atoms with Crippen LogP contribution in [0.15, 0.2) is 24.3 Å². The molecule has 4 nitrogen and oxygen atoms in total. The molecule has 1 aromatic carbocycles. The Morgan fingerprint density at radius 2 is 1.94 bits per heavy atom. The fourth-order valence-corrected chi connectivity index (χ4v) is 1.24. The number of benzene rings is 1. The summed E-state index contributed by atoms with van der Waals surface area (Å²) in [6.07, 6.45) is 2.62. The van der Waals surface area contributed by atoms with Crippen LogP contribution < -0.4 is 5.32 Å². The molecule has 1 rings (SSSR count). The van der Waals surface area contributed by atoms with Crippen molar-refractivity contribution in [3.8, 4) is 0 Å². The van der Waals surface area contributed by atoms with E-state index in [2.05, 4.69) is 10.1 Å². The molecule has 1 aromatic rings. The van der Waals surface area contributed by atoms with Gasteiger partial charge >= 0.3 is 5.97 Å². The predicted molar refractivity (Wildman–Crippen MR) is 61.1 cm³/mol. The van der Waals surface area contributed by atoms with Gasteiger partial charge in [-0.15, -0.1) is 0 Å². The summed E-state index contributed by atoms with van der Waals surface area (Å²) in [4.78, 5) is 22.4. The summed E-state index contributed by atoms with van der Waals surface area (Å²) in [5.74, 6) is -3.56. The molecule has 1 N–H and O–H groups in total. The summed E-state index contributed by atoms with van der Waals surface area (Å²) in [6, 6.07) is 1.40. The highest BCUT2D eigenvalue weighted by Gasteiger charge is 2.17. The number of carbonyl (C=O) groups is 2. The van der Waals surface area contributed by atoms with Crippen LogP contribution in [-0.2, 0) is 9.53 Å². The van der Waals surface area contributed by atoms with Gasteiger partial charge in [-0.05, 0) is 19.1 Å². The minimum absolute atomic E-state index is 0.292. The average molecular weight is 255 g/mol. The molecule has 0 radical (unpaired) electrons. The molecule has 0 aliphatic heterocycles. The quantitative estimate of drug-likeness (QED) is 0.665. The van der Waals surface area contributed by atoms with E-state index in [4.69, 9.17) is 0 Å². The van der Waals surface area contributed by atoms with Crippen LogP contribution in [0.25, 0.3) is 0 Å². The first-order valence-electron chi connectivity index (χ1n) is 5.00. The third-order valence-corrected chi connectivity index (χ3v) is 2.04. The molecule has 0 fully saturated rings. The fourth-order valence-electron chi connectivity index (χ4n) is 1.24. The van der Waals surface area contributed by atoms with E-state index in [0.29, 0.717) is 6.07 Å². The van der Waals surface area contributed by atoms with Crippen LogP contribution in [0, 0.1) is 11.6 Å². The van der Waals surface area contributed by atoms with Crippen molar-refractivity contribution in [1.82, 2.24) is 0 Å². The second kappa shape index (κ2) is 5.90. The van der Waals surface area contributed by atoms with Crippen molar-refractivity contribution in [3.63, 3.8) is 0 Å². The fraction of sp³-hybridized carbons (Fsp3) is 0.167. The van der Waals surface area contributed by atoms with Gasteiger partial charge in [0.25, 0.3) is 0 Å². The van der Waals surface area contributed by atoms with Crippen molar-refractivity contribution in [2.75, 3.05) is 12.4 Å². The van der Waals surface area contributed by atoms with Crippen molar-refractivity contribution in [1.29, 1.82) is 0 Å². The molecule has 18 heavy (non-hydrogen) atoms. The summed E-state index contributed by atoms with van der Waals surface area (Å²) < 4.78 is 31.0. The Balaban J connectivity index is 3.12. The standard InChI is InChI=1S/C12H11F2NO3/c1-3-4-11(16)15-10-5-7(12(17)18-2)8(13)6-9(10)14/h3-6H,1-2H3,(H,15,16)/b4-3+. The number of methoxy groups -OCH3 is 1. The van der Waals surface area contributed by atoms with Gasteiger partial charge in [-0.25, -0.2) is 13.6 Å². The molecule has 0 saturated carbocycles. The number of halogens is 2. The zero-order chi connectivity index (χ0) is 13.7. The minimum atomic E-state index is -1.05. The van der Waals surface area contributed by atoms with Gasteiger partial charge < -0.3 is 10.1 Å². The van der Waals surface area contributed by atoms with E-state index in [0.717, 1.165) is 13.2 Å². The second-order valence-electron chi connectivity index (χ2n) is 3.29. The van der Waals surface area contributed by atoms with Gasteiger partial charge in [-0.2, -0.15) is 0 Å². The molecule has 6 heteroatoms. The van der Waals surface area contributed by atoms with Crippen LogP contribution in [-0.4, -0.2) is 19.0 Å². The molecule has 0 spiro atoms. The normalized spacial score (nSPS) is 10.4. The monoisotopic (exact) mass is 255 g/mol. The molecular weight excluding hydrogens is 244 g/mol. The maximum absolute atomic E-state index is 13.4. The molecule has 0 atom stereocenters. The predicted octanol–water partition coefficient (Wildman–Crippen LogP) is 2.27. The lowest BCUT2D eigenvalue weighted by Gasteiger charge is -2.07. The Hall–Kier alpha value is -2.24. The molecule has 0 aromatic heterocycles. The van der Waals surface area contributed by atoms with Crippen molar-refractivity contribution in [2.24, 2.45) is 0 Å². The van der Waals surface area contributed by atoms with Crippen molar-refractivity contribution >= 4 is 17.6 Å². The number of rotatable bonds is 3. The molecule has 0 heterocycles. The highest BCUT2D eigenvalue weighted by molar-refractivity contribution is 6.00. The highest BCUT2D eigenvalue weighted by Crippen LogP contribution is 2.20. The number of carbonyl (C=O) groups excluding carboxylic acids is 2. The first-order valence-corrected chi connectivity index (χ1v) is 5.00. The number of anilines is 1. The van der Waals surface area contributed by atoms with Gasteiger partial charge in [0.05, 0.1) is 18.4 Å². The maximum atomic E-state index is 13.4. The summed E-state index contributed by atoms with van der Waals surface area (Å²) in [5, 5.41) is 2.18. The molecule has 0 bridgehead atoms. The maximum Gasteiger partial charge on any atom is 0.340 e. The number of ether oxygens (including phenoxy) is 1. The van der Waals surface area contributed by atoms with E-state index in [1.807, 2.05) is 0 Å². The minimum Gasteiger partial charge on any atom is -0.465 e. The molecule has 0 aliphatic carbocycles. The molecule has 0 saturated heterocycles. The molecule has 96 valence electrons. The Kier molecular flexibility index (Phi) is 4.53. The Labute approximate surface area is 102 Å². The summed E-state index contributed by atoms with van der Waals surface area (Å²) in [6.45, 7) is 1.61. The highest BCUT2D eigenvalue weighted by atomic mass is 19.1. The van der Waals surface area contributed by atoms with Crippen LogP contribution in [0.2, 0.25) is 0 Å². The first-order chi connectivity index (χ1) is 8.49. The van der Waals surface area contributed by atoms with E-state index < -0.39 is 29.1 Å². The van der Waals surface area contributed by atoms with Crippen molar-refractivity contribution < 1.29 is 23.1 Å². The molecule has 0 unspecified atom stereocenters. The van der Waals surface area contributed by atoms with E-state index in [-0.39, 0.29) is 5.69 Å². The lowest BCUT2D eigenvalue weighted by atomic mass is 10.1. The zero-order valence-electron chi connectivity index (χ0n) is 9.79. The van der Waals surface area contributed by atoms with Crippen molar-refractivity contribution in [2.45, 2.75) is 6.92 Å². The van der Waals surface area contributed by atoms with Crippen LogP contribution in [0.5, 0.6) is 0 Å². The SMILES string of the molecule is C/C=C/C(=O)Nc1cc(C(=O)OC)c(F)cc1F. The third-order valence-electron chi connectivity index (χ3n) is 2.04. The van der Waals surface area contributed by atoms with Crippen molar-refractivity contribution in [3.05, 3.63) is 41.5 Å². The summed E-state index contributed by atoms with van der Waals surface area (Å²) in [5.41, 5.74) is -0.741. The largest absolute Gasteiger partial charge is 0.465 e. The Morgan fingerprint density at radius 1 is 1.28 bits per heavy atom. The van der Waals surface area contributed by atoms with Gasteiger partial charge in [0.15, 0.2) is 0 Å². The van der Waals surface area contributed by atoms with Crippen LogP contribution in [0.4, 0.5) is 14.5 Å². The third kappa shape index (κ3) is 3.13.